The Balaban J connectivity index is 1.31. The number of fused-ring (bicyclic) bond motifs is 1. The van der Waals surface area contributed by atoms with Gasteiger partial charge in [-0.3, -0.25) is 9.69 Å². The van der Waals surface area contributed by atoms with Crippen molar-refractivity contribution in [1.82, 2.24) is 9.47 Å². The second kappa shape index (κ2) is 11.4. The van der Waals surface area contributed by atoms with Gasteiger partial charge in [-0.05, 0) is 47.7 Å². The monoisotopic (exact) mass is 526 g/mol. The molecule has 0 N–H and O–H groups in total. The molecule has 0 spiro atoms. The van der Waals surface area contributed by atoms with Gasteiger partial charge in [-0.15, -0.1) is 0 Å². The number of benzene rings is 3. The molecule has 1 aliphatic rings. The minimum atomic E-state index is -0.0418. The molecule has 1 atom stereocenters. The fraction of sp³-hybridized carbons (Fsp3) is 0.226. The first-order chi connectivity index (χ1) is 18.0. The van der Waals surface area contributed by atoms with Crippen molar-refractivity contribution in [3.63, 3.8) is 0 Å². The van der Waals surface area contributed by atoms with Crippen molar-refractivity contribution in [2.45, 2.75) is 39.3 Å². The molecule has 2 heterocycles. The van der Waals surface area contributed by atoms with Crippen molar-refractivity contribution in [2.24, 2.45) is 0 Å². The SMILES string of the molecule is CC[C@@H](C)c1ccc(OCCn2cc(/C=C3/SC(=S)N(Cc4ccccc4)C3=O)c3ccccc32)cc1. The molecular weight excluding hydrogens is 496 g/mol. The van der Waals surface area contributed by atoms with Crippen LogP contribution in [0.5, 0.6) is 5.75 Å². The summed E-state index contributed by atoms with van der Waals surface area (Å²) in [6.45, 7) is 6.19. The fourth-order valence-corrected chi connectivity index (χ4v) is 5.75. The lowest BCUT2D eigenvalue weighted by molar-refractivity contribution is -0.122. The highest BCUT2D eigenvalue weighted by atomic mass is 32.2. The summed E-state index contributed by atoms with van der Waals surface area (Å²) in [5, 5.41) is 1.11. The molecule has 5 rings (SSSR count). The summed E-state index contributed by atoms with van der Waals surface area (Å²) in [5.74, 6) is 1.39. The molecule has 1 amide bonds. The Labute approximate surface area is 227 Å². The molecule has 1 saturated heterocycles. The third-order valence-electron chi connectivity index (χ3n) is 6.83. The molecule has 0 radical (unpaired) electrons. The smallest absolute Gasteiger partial charge is 0.266 e. The first kappa shape index (κ1) is 25.3. The minimum absolute atomic E-state index is 0.0418. The van der Waals surface area contributed by atoms with E-state index in [2.05, 4.69) is 61.0 Å². The third kappa shape index (κ3) is 5.65. The van der Waals surface area contributed by atoms with E-state index in [0.717, 1.165) is 34.2 Å². The average Bonchev–Trinajstić information content (AvgIpc) is 3.41. The van der Waals surface area contributed by atoms with Crippen molar-refractivity contribution in [3.05, 3.63) is 107 Å². The standard InChI is InChI=1S/C31H30N2O2S2/c1-3-22(2)24-13-15-26(16-14-24)35-18-17-32-21-25(27-11-7-8-12-28(27)32)19-29-30(34)33(31(36)37-29)20-23-9-5-4-6-10-23/h4-16,19,21-22H,3,17-18,20H2,1-2H3/b29-19+/t22-/m1/s1. The van der Waals surface area contributed by atoms with E-state index in [1.165, 1.54) is 17.3 Å². The van der Waals surface area contributed by atoms with Crippen LogP contribution in [0.4, 0.5) is 0 Å². The van der Waals surface area contributed by atoms with E-state index in [1.54, 1.807) is 4.90 Å². The summed E-state index contributed by atoms with van der Waals surface area (Å²) in [4.78, 5) is 15.5. The Morgan fingerprint density at radius 2 is 1.73 bits per heavy atom. The molecule has 6 heteroatoms. The molecule has 3 aromatic carbocycles. The van der Waals surface area contributed by atoms with Crippen molar-refractivity contribution in [3.8, 4) is 5.75 Å². The molecule has 0 aliphatic carbocycles. The van der Waals surface area contributed by atoms with Gasteiger partial charge in [-0.1, -0.05) is 98.5 Å². The number of hydrogen-bond donors (Lipinski definition) is 0. The van der Waals surface area contributed by atoms with Crippen LogP contribution in [0.2, 0.25) is 0 Å². The van der Waals surface area contributed by atoms with Gasteiger partial charge in [-0.25, -0.2) is 0 Å². The summed E-state index contributed by atoms with van der Waals surface area (Å²) in [6, 6.07) is 26.6. The molecule has 1 aliphatic heterocycles. The molecule has 188 valence electrons. The molecule has 37 heavy (non-hydrogen) atoms. The van der Waals surface area contributed by atoms with Gasteiger partial charge < -0.3 is 9.30 Å². The molecule has 0 saturated carbocycles. The number of hydrogen-bond acceptors (Lipinski definition) is 4. The zero-order valence-electron chi connectivity index (χ0n) is 21.1. The van der Waals surface area contributed by atoms with Gasteiger partial charge >= 0.3 is 0 Å². The maximum absolute atomic E-state index is 13.2. The predicted molar refractivity (Wildman–Crippen MR) is 158 cm³/mol. The minimum Gasteiger partial charge on any atom is -0.492 e. The van der Waals surface area contributed by atoms with E-state index in [-0.39, 0.29) is 5.91 Å². The van der Waals surface area contributed by atoms with E-state index in [1.807, 2.05) is 48.5 Å². The summed E-state index contributed by atoms with van der Waals surface area (Å²) in [7, 11) is 0. The van der Waals surface area contributed by atoms with E-state index in [0.29, 0.717) is 34.8 Å². The predicted octanol–water partition coefficient (Wildman–Crippen LogP) is 7.64. The maximum atomic E-state index is 13.2. The Hall–Kier alpha value is -3.35. The van der Waals surface area contributed by atoms with Gasteiger partial charge in [0.05, 0.1) is 18.0 Å². The van der Waals surface area contributed by atoms with Gasteiger partial charge in [0.25, 0.3) is 5.91 Å². The zero-order chi connectivity index (χ0) is 25.8. The van der Waals surface area contributed by atoms with Crippen molar-refractivity contribution in [1.29, 1.82) is 0 Å². The first-order valence-corrected chi connectivity index (χ1v) is 13.9. The number of para-hydroxylation sites is 1. The lowest BCUT2D eigenvalue weighted by Gasteiger charge is -2.14. The number of carbonyl (C=O) groups is 1. The van der Waals surface area contributed by atoms with Crippen molar-refractivity contribution in [2.75, 3.05) is 6.61 Å². The van der Waals surface area contributed by atoms with Crippen LogP contribution in [-0.4, -0.2) is 26.3 Å². The number of thiocarbonyl (C=S) groups is 1. The molecule has 4 nitrogen and oxygen atoms in total. The third-order valence-corrected chi connectivity index (χ3v) is 8.20. The van der Waals surface area contributed by atoms with Gasteiger partial charge in [0.15, 0.2) is 0 Å². The van der Waals surface area contributed by atoms with Crippen molar-refractivity contribution < 1.29 is 9.53 Å². The van der Waals surface area contributed by atoms with Crippen LogP contribution in [0, 0.1) is 0 Å². The number of carbonyl (C=O) groups excluding carboxylic acids is 1. The van der Waals surface area contributed by atoms with E-state index >= 15 is 0 Å². The van der Waals surface area contributed by atoms with Crippen LogP contribution in [0.15, 0.2) is 90.0 Å². The van der Waals surface area contributed by atoms with E-state index in [4.69, 9.17) is 17.0 Å². The molecule has 0 bridgehead atoms. The van der Waals surface area contributed by atoms with Crippen LogP contribution in [0.25, 0.3) is 17.0 Å². The van der Waals surface area contributed by atoms with Crippen LogP contribution in [0.3, 0.4) is 0 Å². The first-order valence-electron chi connectivity index (χ1n) is 12.6. The molecular formula is C31H30N2O2S2. The Morgan fingerprint density at radius 3 is 2.49 bits per heavy atom. The fourth-order valence-electron chi connectivity index (χ4n) is 4.51. The van der Waals surface area contributed by atoms with Gasteiger partial charge in [-0.2, -0.15) is 0 Å². The Bertz CT molecular complexity index is 1440. The largest absolute Gasteiger partial charge is 0.492 e. The van der Waals surface area contributed by atoms with Gasteiger partial charge in [0.2, 0.25) is 0 Å². The summed E-state index contributed by atoms with van der Waals surface area (Å²) in [6.07, 6.45) is 5.20. The van der Waals surface area contributed by atoms with Crippen LogP contribution in [0.1, 0.15) is 42.9 Å². The topological polar surface area (TPSA) is 34.5 Å². The van der Waals surface area contributed by atoms with Crippen LogP contribution >= 0.6 is 24.0 Å². The highest BCUT2D eigenvalue weighted by Gasteiger charge is 2.32. The highest BCUT2D eigenvalue weighted by molar-refractivity contribution is 8.26. The Morgan fingerprint density at radius 1 is 1.00 bits per heavy atom. The number of thioether (sulfide) groups is 1. The van der Waals surface area contributed by atoms with Gasteiger partial charge in [0.1, 0.15) is 16.7 Å². The Kier molecular flexibility index (Phi) is 7.77. The highest BCUT2D eigenvalue weighted by Crippen LogP contribution is 2.35. The van der Waals surface area contributed by atoms with Gasteiger partial charge in [0, 0.05) is 22.7 Å². The second-order valence-corrected chi connectivity index (χ2v) is 11.0. The number of nitrogens with zero attached hydrogens (tertiary/aromatic N) is 2. The number of amides is 1. The van der Waals surface area contributed by atoms with E-state index in [9.17, 15) is 4.79 Å². The molecule has 0 unspecified atom stereocenters. The zero-order valence-corrected chi connectivity index (χ0v) is 22.7. The summed E-state index contributed by atoms with van der Waals surface area (Å²) in [5.41, 5.74) is 4.52. The number of rotatable bonds is 9. The molecule has 1 aromatic heterocycles. The second-order valence-electron chi connectivity index (χ2n) is 9.28. The lowest BCUT2D eigenvalue weighted by atomic mass is 9.99. The van der Waals surface area contributed by atoms with E-state index < -0.39 is 0 Å². The molecule has 1 fully saturated rings. The van der Waals surface area contributed by atoms with Crippen molar-refractivity contribution >= 4 is 51.2 Å². The van der Waals surface area contributed by atoms with Crippen LogP contribution in [-0.2, 0) is 17.9 Å². The quantitative estimate of drug-likeness (QED) is 0.166. The average molecular weight is 527 g/mol. The van der Waals surface area contributed by atoms with Crippen LogP contribution < -0.4 is 4.74 Å². The summed E-state index contributed by atoms with van der Waals surface area (Å²) >= 11 is 6.92. The number of aromatic nitrogens is 1. The summed E-state index contributed by atoms with van der Waals surface area (Å²) < 4.78 is 8.84. The lowest BCUT2D eigenvalue weighted by Crippen LogP contribution is -2.27. The molecule has 4 aromatic rings. The maximum Gasteiger partial charge on any atom is 0.266 e. The number of ether oxygens (including phenoxy) is 1. The normalized spacial score (nSPS) is 15.6.